The minimum Gasteiger partial charge on any atom is -0.505 e. The molecule has 0 aliphatic carbocycles. The highest BCUT2D eigenvalue weighted by atomic mass is 16.3. The summed E-state index contributed by atoms with van der Waals surface area (Å²) in [5, 5.41) is 16.1. The van der Waals surface area contributed by atoms with E-state index in [1.54, 1.807) is 33.3 Å². The summed E-state index contributed by atoms with van der Waals surface area (Å²) in [5.74, 6) is -0.0564. The number of phenolic OH excluding ortho intramolecular Hbond substituents is 1. The first-order valence-electron chi connectivity index (χ1n) is 9.66. The molecule has 3 aromatic rings. The molecule has 8 nitrogen and oxygen atoms in total. The molecule has 3 rings (SSSR count). The molecule has 30 heavy (non-hydrogen) atoms. The number of nitrogens with one attached hydrogen (secondary N) is 2. The first-order valence-corrected chi connectivity index (χ1v) is 9.66. The molecule has 8 heteroatoms. The van der Waals surface area contributed by atoms with Gasteiger partial charge >= 0.3 is 0 Å². The zero-order valence-electron chi connectivity index (χ0n) is 18.0. The Labute approximate surface area is 174 Å². The fourth-order valence-electron chi connectivity index (χ4n) is 2.81. The Morgan fingerprint density at radius 3 is 2.33 bits per heavy atom. The Hall–Kier alpha value is -3.55. The first-order chi connectivity index (χ1) is 14.2. The lowest BCUT2D eigenvalue weighted by Crippen LogP contribution is -2.37. The van der Waals surface area contributed by atoms with Gasteiger partial charge in [-0.2, -0.15) is 0 Å². The minimum absolute atomic E-state index is 0.0323. The number of para-hydroxylation sites is 1. The van der Waals surface area contributed by atoms with Crippen molar-refractivity contribution in [2.75, 3.05) is 24.7 Å². The predicted octanol–water partition coefficient (Wildman–Crippen LogP) is 3.53. The summed E-state index contributed by atoms with van der Waals surface area (Å²) in [4.78, 5) is 37.6. The zero-order valence-corrected chi connectivity index (χ0v) is 18.0. The summed E-state index contributed by atoms with van der Waals surface area (Å²) >= 11 is 0. The standard InChI is InChI=1S/C20H21N3O5.C2H6/c1-10-8-14(28-9-10)11(2)21-15-16(19(26)18(15)25)22-13-7-5-6-12(17(13)24)20(27)23(3)4;1-2/h5-9,11,21-22,24H,1-4H3;1-2H3/t11-;/m1./s1. The number of hydrogen-bond donors (Lipinski definition) is 3. The number of benzene rings is 1. The number of nitrogens with zero attached hydrogens (tertiary/aromatic N) is 1. The number of aryl methyl sites for hydroxylation is 1. The fourth-order valence-corrected chi connectivity index (χ4v) is 2.81. The third-order valence-corrected chi connectivity index (χ3v) is 4.38. The maximum Gasteiger partial charge on any atom is 0.257 e. The van der Waals surface area contributed by atoms with Gasteiger partial charge in [-0.25, -0.2) is 0 Å². The van der Waals surface area contributed by atoms with E-state index in [-0.39, 0.29) is 40.3 Å². The molecule has 3 N–H and O–H groups in total. The van der Waals surface area contributed by atoms with Crippen molar-refractivity contribution in [1.29, 1.82) is 0 Å². The van der Waals surface area contributed by atoms with Gasteiger partial charge in [-0.05, 0) is 37.6 Å². The third kappa shape index (κ3) is 4.37. The molecule has 0 aliphatic rings. The predicted molar refractivity (Wildman–Crippen MR) is 118 cm³/mol. The van der Waals surface area contributed by atoms with Gasteiger partial charge in [-0.15, -0.1) is 0 Å². The van der Waals surface area contributed by atoms with Crippen LogP contribution in [0.4, 0.5) is 17.1 Å². The van der Waals surface area contributed by atoms with Gasteiger partial charge in [0.05, 0.1) is 23.6 Å². The van der Waals surface area contributed by atoms with Crippen molar-refractivity contribution in [3.63, 3.8) is 0 Å². The maximum atomic E-state index is 12.2. The Bertz CT molecular complexity index is 1110. The molecule has 160 valence electrons. The largest absolute Gasteiger partial charge is 0.505 e. The molecule has 0 radical (unpaired) electrons. The summed E-state index contributed by atoms with van der Waals surface area (Å²) in [7, 11) is 3.14. The molecule has 1 atom stereocenters. The molecule has 0 bridgehead atoms. The number of amides is 1. The van der Waals surface area contributed by atoms with Crippen LogP contribution < -0.4 is 21.5 Å². The number of anilines is 3. The normalized spacial score (nSPS) is 11.4. The van der Waals surface area contributed by atoms with Crippen LogP contribution in [0.5, 0.6) is 5.75 Å². The van der Waals surface area contributed by atoms with Crippen molar-refractivity contribution in [1.82, 2.24) is 4.90 Å². The topological polar surface area (TPSA) is 112 Å². The number of carbonyl (C=O) groups is 1. The zero-order chi connectivity index (χ0) is 22.6. The molecule has 1 heterocycles. The van der Waals surface area contributed by atoms with Crippen molar-refractivity contribution in [3.05, 3.63) is 67.9 Å². The highest BCUT2D eigenvalue weighted by Gasteiger charge is 2.25. The van der Waals surface area contributed by atoms with Gasteiger partial charge in [0.15, 0.2) is 5.75 Å². The second-order valence-electron chi connectivity index (χ2n) is 6.83. The van der Waals surface area contributed by atoms with Crippen LogP contribution in [-0.2, 0) is 0 Å². The highest BCUT2D eigenvalue weighted by Crippen LogP contribution is 2.33. The number of carbonyl (C=O) groups excluding carboxylic acids is 1. The van der Waals surface area contributed by atoms with Gasteiger partial charge in [0, 0.05) is 14.1 Å². The van der Waals surface area contributed by atoms with Crippen molar-refractivity contribution >= 4 is 23.0 Å². The monoisotopic (exact) mass is 413 g/mol. The average molecular weight is 413 g/mol. The van der Waals surface area contributed by atoms with Crippen LogP contribution >= 0.6 is 0 Å². The molecule has 0 saturated carbocycles. The van der Waals surface area contributed by atoms with Crippen LogP contribution in [0.2, 0.25) is 0 Å². The second kappa shape index (κ2) is 9.30. The number of hydrogen-bond acceptors (Lipinski definition) is 7. The van der Waals surface area contributed by atoms with Crippen molar-refractivity contribution in [2.24, 2.45) is 0 Å². The summed E-state index contributed by atoms with van der Waals surface area (Å²) in [6.07, 6.45) is 1.60. The Morgan fingerprint density at radius 1 is 1.13 bits per heavy atom. The van der Waals surface area contributed by atoms with E-state index in [1.165, 1.54) is 17.0 Å². The van der Waals surface area contributed by atoms with E-state index in [4.69, 9.17) is 4.42 Å². The maximum absolute atomic E-state index is 12.2. The quantitative estimate of drug-likeness (QED) is 0.419. The lowest BCUT2D eigenvalue weighted by molar-refractivity contribution is 0.0824. The number of aromatic hydroxyl groups is 1. The summed E-state index contributed by atoms with van der Waals surface area (Å²) in [5.41, 5.74) is -0.0295. The molecular formula is C22H27N3O5. The molecular weight excluding hydrogens is 386 g/mol. The Kier molecular flexibility index (Phi) is 7.05. The Morgan fingerprint density at radius 2 is 1.77 bits per heavy atom. The van der Waals surface area contributed by atoms with Crippen molar-refractivity contribution < 1.29 is 14.3 Å². The van der Waals surface area contributed by atoms with Crippen LogP contribution in [-0.4, -0.2) is 30.0 Å². The van der Waals surface area contributed by atoms with Gasteiger partial charge in [0.25, 0.3) is 16.8 Å². The van der Waals surface area contributed by atoms with Gasteiger partial charge in [0.2, 0.25) is 0 Å². The van der Waals surface area contributed by atoms with Crippen LogP contribution in [0.25, 0.3) is 0 Å². The number of rotatable bonds is 6. The molecule has 0 aliphatic heterocycles. The van der Waals surface area contributed by atoms with Gasteiger partial charge < -0.3 is 25.1 Å². The van der Waals surface area contributed by atoms with E-state index in [2.05, 4.69) is 10.6 Å². The van der Waals surface area contributed by atoms with E-state index < -0.39 is 10.9 Å². The summed E-state index contributed by atoms with van der Waals surface area (Å²) < 4.78 is 5.41. The van der Waals surface area contributed by atoms with Crippen molar-refractivity contribution in [2.45, 2.75) is 33.7 Å². The van der Waals surface area contributed by atoms with E-state index in [9.17, 15) is 19.5 Å². The smallest absolute Gasteiger partial charge is 0.257 e. The van der Waals surface area contributed by atoms with E-state index in [1.807, 2.05) is 26.8 Å². The average Bonchev–Trinajstić information content (AvgIpc) is 3.18. The molecule has 0 unspecified atom stereocenters. The lowest BCUT2D eigenvalue weighted by Gasteiger charge is -2.19. The second-order valence-corrected chi connectivity index (χ2v) is 6.83. The van der Waals surface area contributed by atoms with Crippen molar-refractivity contribution in [3.8, 4) is 5.75 Å². The molecule has 1 amide bonds. The number of phenols is 1. The molecule has 0 saturated heterocycles. The Balaban J connectivity index is 0.00000155. The molecule has 0 spiro atoms. The molecule has 1 aromatic heterocycles. The summed E-state index contributed by atoms with van der Waals surface area (Å²) in [6, 6.07) is 6.06. The fraction of sp³-hybridized carbons (Fsp3) is 0.318. The first kappa shape index (κ1) is 22.7. The van der Waals surface area contributed by atoms with Crippen LogP contribution in [0, 0.1) is 6.92 Å². The van der Waals surface area contributed by atoms with Gasteiger partial charge in [0.1, 0.15) is 17.1 Å². The van der Waals surface area contributed by atoms with Gasteiger partial charge in [-0.1, -0.05) is 19.9 Å². The van der Waals surface area contributed by atoms with Crippen LogP contribution in [0.15, 0.2) is 44.5 Å². The molecule has 0 fully saturated rings. The molecule has 2 aromatic carbocycles. The lowest BCUT2D eigenvalue weighted by atomic mass is 10.1. The highest BCUT2D eigenvalue weighted by molar-refractivity contribution is 5.99. The summed E-state index contributed by atoms with van der Waals surface area (Å²) in [6.45, 7) is 7.68. The SMILES string of the molecule is CC.Cc1coc([C@@H](C)Nc2c(Nc3cccc(C(=O)N(C)C)c3O)c(=O)c2=O)c1. The van der Waals surface area contributed by atoms with E-state index in [0.717, 1.165) is 5.56 Å². The van der Waals surface area contributed by atoms with E-state index >= 15 is 0 Å². The third-order valence-electron chi connectivity index (χ3n) is 4.38. The van der Waals surface area contributed by atoms with Gasteiger partial charge in [-0.3, -0.25) is 14.4 Å². The number of furan rings is 1. The minimum atomic E-state index is -0.700. The van der Waals surface area contributed by atoms with Crippen LogP contribution in [0.1, 0.15) is 48.5 Å². The van der Waals surface area contributed by atoms with Crippen LogP contribution in [0.3, 0.4) is 0 Å². The van der Waals surface area contributed by atoms with E-state index in [0.29, 0.717) is 5.76 Å².